The summed E-state index contributed by atoms with van der Waals surface area (Å²) < 4.78 is 0. The standard InChI is InChI=1S/C12H15N5O2/c1-3-8-7(5-10(18)19)9(4-2)16-12(15-8)11-13-6-14-17-11/h6H,3-5H2,1-2H3,(H,18,19)(H,13,14,17). The van der Waals surface area contributed by atoms with Crippen molar-refractivity contribution in [1.29, 1.82) is 0 Å². The molecule has 100 valence electrons. The Hall–Kier alpha value is -2.31. The molecule has 2 rings (SSSR count). The van der Waals surface area contributed by atoms with Crippen LogP contribution in [0.4, 0.5) is 0 Å². The van der Waals surface area contributed by atoms with Crippen molar-refractivity contribution in [3.8, 4) is 11.6 Å². The summed E-state index contributed by atoms with van der Waals surface area (Å²) in [5.74, 6) is 0.0760. The summed E-state index contributed by atoms with van der Waals surface area (Å²) in [6.07, 6.45) is 2.64. The molecule has 0 aromatic carbocycles. The van der Waals surface area contributed by atoms with Crippen LogP contribution in [0.1, 0.15) is 30.8 Å². The van der Waals surface area contributed by atoms with Crippen molar-refractivity contribution in [2.45, 2.75) is 33.1 Å². The highest BCUT2D eigenvalue weighted by atomic mass is 16.4. The second-order valence-electron chi connectivity index (χ2n) is 4.03. The number of aromatic amines is 1. The minimum atomic E-state index is -0.875. The van der Waals surface area contributed by atoms with Gasteiger partial charge in [0, 0.05) is 17.0 Å². The molecule has 2 N–H and O–H groups in total. The van der Waals surface area contributed by atoms with Gasteiger partial charge in [-0.15, -0.1) is 0 Å². The SMILES string of the molecule is CCc1nc(-c2ncn[nH]2)nc(CC)c1CC(=O)O. The molecule has 0 fully saturated rings. The van der Waals surface area contributed by atoms with Gasteiger partial charge < -0.3 is 5.11 Å². The van der Waals surface area contributed by atoms with Crippen molar-refractivity contribution in [3.05, 3.63) is 23.3 Å². The van der Waals surface area contributed by atoms with Gasteiger partial charge in [-0.05, 0) is 12.8 Å². The Morgan fingerprint density at radius 1 is 1.26 bits per heavy atom. The maximum absolute atomic E-state index is 10.9. The molecule has 2 aromatic heterocycles. The molecule has 0 bridgehead atoms. The average molecular weight is 261 g/mol. The molecule has 0 saturated heterocycles. The van der Waals surface area contributed by atoms with Gasteiger partial charge in [-0.25, -0.2) is 15.0 Å². The highest BCUT2D eigenvalue weighted by Gasteiger charge is 2.16. The van der Waals surface area contributed by atoms with E-state index in [1.807, 2.05) is 13.8 Å². The van der Waals surface area contributed by atoms with E-state index in [1.54, 1.807) is 0 Å². The lowest BCUT2D eigenvalue weighted by Gasteiger charge is -2.11. The van der Waals surface area contributed by atoms with Crippen molar-refractivity contribution in [2.24, 2.45) is 0 Å². The van der Waals surface area contributed by atoms with Crippen molar-refractivity contribution >= 4 is 5.97 Å². The van der Waals surface area contributed by atoms with E-state index >= 15 is 0 Å². The third-order valence-electron chi connectivity index (χ3n) is 2.80. The average Bonchev–Trinajstić information content (AvgIpc) is 2.92. The van der Waals surface area contributed by atoms with Crippen LogP contribution in [0.25, 0.3) is 11.6 Å². The van der Waals surface area contributed by atoms with Crippen LogP contribution in [0.15, 0.2) is 6.33 Å². The molecule has 0 unspecified atom stereocenters. The third-order valence-corrected chi connectivity index (χ3v) is 2.80. The summed E-state index contributed by atoms with van der Waals surface area (Å²) in [5, 5.41) is 15.5. The van der Waals surface area contributed by atoms with Gasteiger partial charge in [0.1, 0.15) is 6.33 Å². The van der Waals surface area contributed by atoms with Crippen molar-refractivity contribution in [3.63, 3.8) is 0 Å². The second-order valence-corrected chi connectivity index (χ2v) is 4.03. The van der Waals surface area contributed by atoms with E-state index in [-0.39, 0.29) is 6.42 Å². The molecule has 0 aliphatic heterocycles. The van der Waals surface area contributed by atoms with Crippen molar-refractivity contribution < 1.29 is 9.90 Å². The van der Waals surface area contributed by atoms with Gasteiger partial charge in [0.2, 0.25) is 0 Å². The van der Waals surface area contributed by atoms with Crippen LogP contribution in [-0.2, 0) is 24.1 Å². The maximum Gasteiger partial charge on any atom is 0.307 e. The lowest BCUT2D eigenvalue weighted by Crippen LogP contribution is -2.12. The summed E-state index contributed by atoms with van der Waals surface area (Å²) in [4.78, 5) is 23.7. The Bertz CT molecular complexity index is 555. The fourth-order valence-electron chi connectivity index (χ4n) is 1.94. The van der Waals surface area contributed by atoms with Crippen LogP contribution in [0.5, 0.6) is 0 Å². The molecule has 0 atom stereocenters. The highest BCUT2D eigenvalue weighted by Crippen LogP contribution is 2.18. The minimum absolute atomic E-state index is 0.0525. The van der Waals surface area contributed by atoms with Crippen LogP contribution in [0, 0.1) is 0 Å². The Labute approximate surface area is 110 Å². The molecule has 0 amide bonds. The Morgan fingerprint density at radius 3 is 2.32 bits per heavy atom. The van der Waals surface area contributed by atoms with Gasteiger partial charge in [-0.3, -0.25) is 9.89 Å². The van der Waals surface area contributed by atoms with Gasteiger partial charge in [-0.2, -0.15) is 5.10 Å². The van der Waals surface area contributed by atoms with Crippen molar-refractivity contribution in [1.82, 2.24) is 25.1 Å². The summed E-state index contributed by atoms with van der Waals surface area (Å²) in [5.41, 5.74) is 2.21. The van der Waals surface area contributed by atoms with E-state index < -0.39 is 5.97 Å². The lowest BCUT2D eigenvalue weighted by molar-refractivity contribution is -0.136. The van der Waals surface area contributed by atoms with Crippen molar-refractivity contribution in [2.75, 3.05) is 0 Å². The first-order valence-corrected chi connectivity index (χ1v) is 6.11. The third kappa shape index (κ3) is 2.75. The van der Waals surface area contributed by atoms with E-state index in [4.69, 9.17) is 5.11 Å². The normalized spacial score (nSPS) is 10.6. The first-order chi connectivity index (χ1) is 9.15. The quantitative estimate of drug-likeness (QED) is 0.832. The zero-order chi connectivity index (χ0) is 13.8. The first-order valence-electron chi connectivity index (χ1n) is 6.11. The molecule has 2 aromatic rings. The number of aromatic nitrogens is 5. The second kappa shape index (κ2) is 5.55. The predicted octanol–water partition coefficient (Wildman–Crippen LogP) is 1.01. The zero-order valence-corrected chi connectivity index (χ0v) is 10.8. The fraction of sp³-hybridized carbons (Fsp3) is 0.417. The summed E-state index contributed by atoms with van der Waals surface area (Å²) in [7, 11) is 0. The highest BCUT2D eigenvalue weighted by molar-refractivity contribution is 5.71. The van der Waals surface area contributed by atoms with Gasteiger partial charge >= 0.3 is 5.97 Å². The molecule has 0 radical (unpaired) electrons. The molecular weight excluding hydrogens is 246 g/mol. The molecular formula is C12H15N5O2. The molecule has 0 spiro atoms. The Balaban J connectivity index is 2.54. The van der Waals surface area contributed by atoms with E-state index in [1.165, 1.54) is 6.33 Å². The Morgan fingerprint density at radius 2 is 1.89 bits per heavy atom. The summed E-state index contributed by atoms with van der Waals surface area (Å²) in [6, 6.07) is 0. The first kappa shape index (κ1) is 13.1. The zero-order valence-electron chi connectivity index (χ0n) is 10.8. The number of nitrogens with one attached hydrogen (secondary N) is 1. The molecule has 19 heavy (non-hydrogen) atoms. The largest absolute Gasteiger partial charge is 0.481 e. The number of carboxylic acid groups (broad SMARTS) is 1. The fourth-order valence-corrected chi connectivity index (χ4v) is 1.94. The minimum Gasteiger partial charge on any atom is -0.481 e. The van der Waals surface area contributed by atoms with Crippen LogP contribution >= 0.6 is 0 Å². The van der Waals surface area contributed by atoms with Gasteiger partial charge in [-0.1, -0.05) is 13.8 Å². The number of carbonyl (C=O) groups is 1. The van der Waals surface area contributed by atoms with E-state index in [9.17, 15) is 4.79 Å². The topological polar surface area (TPSA) is 105 Å². The number of aryl methyl sites for hydroxylation is 2. The molecule has 2 heterocycles. The van der Waals surface area contributed by atoms with E-state index in [0.29, 0.717) is 30.1 Å². The number of aliphatic carboxylic acids is 1. The monoisotopic (exact) mass is 261 g/mol. The smallest absolute Gasteiger partial charge is 0.307 e. The van der Waals surface area contributed by atoms with Crippen LogP contribution in [0.2, 0.25) is 0 Å². The van der Waals surface area contributed by atoms with Crippen LogP contribution in [-0.4, -0.2) is 36.2 Å². The summed E-state index contributed by atoms with van der Waals surface area (Å²) >= 11 is 0. The number of carboxylic acids is 1. The number of H-pyrrole nitrogens is 1. The number of rotatable bonds is 5. The predicted molar refractivity (Wildman–Crippen MR) is 67.5 cm³/mol. The van der Waals surface area contributed by atoms with Gasteiger partial charge in [0.15, 0.2) is 11.6 Å². The number of nitrogens with zero attached hydrogens (tertiary/aromatic N) is 4. The lowest BCUT2D eigenvalue weighted by atomic mass is 10.0. The molecule has 7 nitrogen and oxygen atoms in total. The molecule has 0 aliphatic rings. The number of hydrogen-bond acceptors (Lipinski definition) is 5. The molecule has 0 saturated carbocycles. The van der Waals surface area contributed by atoms with E-state index in [0.717, 1.165) is 11.4 Å². The number of hydrogen-bond donors (Lipinski definition) is 2. The molecule has 7 heteroatoms. The van der Waals surface area contributed by atoms with Gasteiger partial charge in [0.25, 0.3) is 0 Å². The summed E-state index contributed by atoms with van der Waals surface area (Å²) in [6.45, 7) is 3.88. The molecule has 0 aliphatic carbocycles. The maximum atomic E-state index is 10.9. The van der Waals surface area contributed by atoms with E-state index in [2.05, 4.69) is 25.1 Å². The van der Waals surface area contributed by atoms with Crippen LogP contribution in [0.3, 0.4) is 0 Å². The van der Waals surface area contributed by atoms with Crippen LogP contribution < -0.4 is 0 Å². The van der Waals surface area contributed by atoms with Gasteiger partial charge in [0.05, 0.1) is 6.42 Å². The Kier molecular flexibility index (Phi) is 3.84.